The van der Waals surface area contributed by atoms with E-state index in [0.29, 0.717) is 31.0 Å². The number of ether oxygens (including phenoxy) is 2. The maximum absolute atomic E-state index is 12.2. The number of para-hydroxylation sites is 4. The van der Waals surface area contributed by atoms with E-state index in [4.69, 9.17) is 9.47 Å². The quantitative estimate of drug-likeness (QED) is 0.713. The van der Waals surface area contributed by atoms with Crippen molar-refractivity contribution in [2.24, 2.45) is 0 Å². The molecule has 5 heteroatoms. The van der Waals surface area contributed by atoms with Gasteiger partial charge in [0, 0.05) is 13.0 Å². The van der Waals surface area contributed by atoms with Crippen LogP contribution in [0.1, 0.15) is 27.2 Å². The van der Waals surface area contributed by atoms with Crippen molar-refractivity contribution in [1.82, 2.24) is 0 Å². The maximum Gasteiger partial charge on any atom is 0.226 e. The third kappa shape index (κ3) is 6.03. The van der Waals surface area contributed by atoms with Gasteiger partial charge in [-0.25, -0.2) is 0 Å². The molecule has 134 valence electrons. The van der Waals surface area contributed by atoms with E-state index in [1.54, 1.807) is 0 Å². The smallest absolute Gasteiger partial charge is 0.226 e. The van der Waals surface area contributed by atoms with Gasteiger partial charge in [0.2, 0.25) is 5.91 Å². The zero-order valence-electron chi connectivity index (χ0n) is 15.0. The monoisotopic (exact) mass is 342 g/mol. The number of anilines is 2. The third-order valence-electron chi connectivity index (χ3n) is 3.38. The number of amides is 1. The Labute approximate surface area is 149 Å². The van der Waals surface area contributed by atoms with E-state index in [1.807, 2.05) is 69.3 Å². The van der Waals surface area contributed by atoms with Gasteiger partial charge in [0.1, 0.15) is 11.5 Å². The highest BCUT2D eigenvalue weighted by molar-refractivity contribution is 5.92. The summed E-state index contributed by atoms with van der Waals surface area (Å²) in [6.45, 7) is 6.98. The van der Waals surface area contributed by atoms with Gasteiger partial charge in [-0.2, -0.15) is 0 Å². The summed E-state index contributed by atoms with van der Waals surface area (Å²) in [5, 5.41) is 6.15. The van der Waals surface area contributed by atoms with Crippen molar-refractivity contribution in [3.8, 4) is 11.5 Å². The Morgan fingerprint density at radius 2 is 1.64 bits per heavy atom. The highest BCUT2D eigenvalue weighted by Gasteiger charge is 2.09. The van der Waals surface area contributed by atoms with Crippen molar-refractivity contribution >= 4 is 17.3 Å². The summed E-state index contributed by atoms with van der Waals surface area (Å²) in [6.07, 6.45) is 0.394. The number of carbonyl (C=O) groups excluding carboxylic acids is 1. The third-order valence-corrected chi connectivity index (χ3v) is 3.38. The summed E-state index contributed by atoms with van der Waals surface area (Å²) in [5.74, 6) is 1.41. The predicted molar refractivity (Wildman–Crippen MR) is 102 cm³/mol. The SMILES string of the molecule is CCOc1ccccc1NCCC(=O)Nc1ccccc1OC(C)C. The van der Waals surface area contributed by atoms with Crippen LogP contribution in [0, 0.1) is 0 Å². The Hall–Kier alpha value is -2.69. The lowest BCUT2D eigenvalue weighted by Crippen LogP contribution is -2.17. The van der Waals surface area contributed by atoms with Crippen LogP contribution in [0.3, 0.4) is 0 Å². The van der Waals surface area contributed by atoms with Gasteiger partial charge in [0.15, 0.2) is 0 Å². The topological polar surface area (TPSA) is 59.6 Å². The minimum atomic E-state index is -0.0683. The fraction of sp³-hybridized carbons (Fsp3) is 0.350. The molecule has 5 nitrogen and oxygen atoms in total. The predicted octanol–water partition coefficient (Wildman–Crippen LogP) is 4.31. The minimum absolute atomic E-state index is 0.0507. The molecule has 2 aromatic carbocycles. The first-order valence-corrected chi connectivity index (χ1v) is 8.61. The molecule has 0 heterocycles. The average molecular weight is 342 g/mol. The molecular formula is C20H26N2O3. The molecule has 1 amide bonds. The van der Waals surface area contributed by atoms with Gasteiger partial charge >= 0.3 is 0 Å². The molecule has 0 aliphatic carbocycles. The van der Waals surface area contributed by atoms with E-state index in [1.165, 1.54) is 0 Å². The minimum Gasteiger partial charge on any atom is -0.492 e. The van der Waals surface area contributed by atoms with Crippen LogP contribution < -0.4 is 20.1 Å². The van der Waals surface area contributed by atoms with Crippen molar-refractivity contribution in [3.05, 3.63) is 48.5 Å². The Kier molecular flexibility index (Phi) is 7.14. The Morgan fingerprint density at radius 3 is 2.32 bits per heavy atom. The van der Waals surface area contributed by atoms with Crippen LogP contribution in [-0.2, 0) is 4.79 Å². The van der Waals surface area contributed by atoms with E-state index in [9.17, 15) is 4.79 Å². The first kappa shape index (κ1) is 18.6. The number of nitrogens with one attached hydrogen (secondary N) is 2. The lowest BCUT2D eigenvalue weighted by molar-refractivity contribution is -0.116. The second kappa shape index (κ2) is 9.57. The van der Waals surface area contributed by atoms with Gasteiger partial charge in [-0.05, 0) is 45.0 Å². The molecule has 0 atom stereocenters. The van der Waals surface area contributed by atoms with E-state index in [2.05, 4.69) is 10.6 Å². The molecule has 0 fully saturated rings. The molecule has 2 aromatic rings. The molecule has 0 aliphatic rings. The number of hydrogen-bond acceptors (Lipinski definition) is 4. The average Bonchev–Trinajstić information content (AvgIpc) is 2.58. The zero-order chi connectivity index (χ0) is 18.1. The summed E-state index contributed by atoms with van der Waals surface area (Å²) in [5.41, 5.74) is 1.58. The van der Waals surface area contributed by atoms with Crippen LogP contribution >= 0.6 is 0 Å². The summed E-state index contributed by atoms with van der Waals surface area (Å²) in [6, 6.07) is 15.2. The van der Waals surface area contributed by atoms with Crippen LogP contribution in [0.15, 0.2) is 48.5 Å². The van der Waals surface area contributed by atoms with Crippen molar-refractivity contribution in [3.63, 3.8) is 0 Å². The fourth-order valence-electron chi connectivity index (χ4n) is 2.34. The molecule has 2 rings (SSSR count). The van der Waals surface area contributed by atoms with Crippen LogP contribution in [0.25, 0.3) is 0 Å². The molecule has 0 spiro atoms. The van der Waals surface area contributed by atoms with Crippen molar-refractivity contribution < 1.29 is 14.3 Å². The maximum atomic E-state index is 12.2. The second-order valence-corrected chi connectivity index (χ2v) is 5.82. The van der Waals surface area contributed by atoms with Crippen molar-refractivity contribution in [2.45, 2.75) is 33.3 Å². The van der Waals surface area contributed by atoms with E-state index >= 15 is 0 Å². The van der Waals surface area contributed by atoms with Gasteiger partial charge < -0.3 is 20.1 Å². The van der Waals surface area contributed by atoms with Gasteiger partial charge in [-0.15, -0.1) is 0 Å². The number of carbonyl (C=O) groups is 1. The van der Waals surface area contributed by atoms with E-state index in [0.717, 1.165) is 11.4 Å². The highest BCUT2D eigenvalue weighted by atomic mass is 16.5. The Balaban J connectivity index is 1.88. The second-order valence-electron chi connectivity index (χ2n) is 5.82. The molecule has 0 saturated heterocycles. The Morgan fingerprint density at radius 1 is 1.00 bits per heavy atom. The molecule has 0 unspecified atom stereocenters. The van der Waals surface area contributed by atoms with E-state index in [-0.39, 0.29) is 12.0 Å². The van der Waals surface area contributed by atoms with Crippen molar-refractivity contribution in [2.75, 3.05) is 23.8 Å². The summed E-state index contributed by atoms with van der Waals surface area (Å²) in [4.78, 5) is 12.2. The van der Waals surface area contributed by atoms with Gasteiger partial charge in [-0.3, -0.25) is 4.79 Å². The van der Waals surface area contributed by atoms with Crippen LogP contribution in [-0.4, -0.2) is 25.2 Å². The molecule has 2 N–H and O–H groups in total. The van der Waals surface area contributed by atoms with Crippen LogP contribution in [0.5, 0.6) is 11.5 Å². The largest absolute Gasteiger partial charge is 0.492 e. The lowest BCUT2D eigenvalue weighted by atomic mass is 10.2. The first-order valence-electron chi connectivity index (χ1n) is 8.61. The lowest BCUT2D eigenvalue weighted by Gasteiger charge is -2.15. The number of hydrogen-bond donors (Lipinski definition) is 2. The first-order chi connectivity index (χ1) is 12.1. The molecule has 0 aliphatic heterocycles. The summed E-state index contributed by atoms with van der Waals surface area (Å²) in [7, 11) is 0. The standard InChI is InChI=1S/C20H26N2O3/c1-4-24-18-11-7-5-9-16(18)21-14-13-20(23)22-17-10-6-8-12-19(17)25-15(2)3/h5-12,15,21H,4,13-14H2,1-3H3,(H,22,23). The summed E-state index contributed by atoms with van der Waals surface area (Å²) < 4.78 is 11.3. The van der Waals surface area contributed by atoms with Crippen LogP contribution in [0.4, 0.5) is 11.4 Å². The molecule has 25 heavy (non-hydrogen) atoms. The van der Waals surface area contributed by atoms with Crippen LogP contribution in [0.2, 0.25) is 0 Å². The van der Waals surface area contributed by atoms with E-state index < -0.39 is 0 Å². The molecular weight excluding hydrogens is 316 g/mol. The molecule has 0 saturated carbocycles. The fourth-order valence-corrected chi connectivity index (χ4v) is 2.34. The van der Waals surface area contributed by atoms with Gasteiger partial charge in [-0.1, -0.05) is 24.3 Å². The van der Waals surface area contributed by atoms with Crippen molar-refractivity contribution in [1.29, 1.82) is 0 Å². The molecule has 0 bridgehead atoms. The molecule has 0 radical (unpaired) electrons. The Bertz CT molecular complexity index is 686. The van der Waals surface area contributed by atoms with Gasteiger partial charge in [0.05, 0.1) is 24.1 Å². The van der Waals surface area contributed by atoms with Gasteiger partial charge in [0.25, 0.3) is 0 Å². The zero-order valence-corrected chi connectivity index (χ0v) is 15.0. The molecule has 0 aromatic heterocycles. The summed E-state index contributed by atoms with van der Waals surface area (Å²) >= 11 is 0. The normalized spacial score (nSPS) is 10.4. The number of rotatable bonds is 9. The number of benzene rings is 2. The highest BCUT2D eigenvalue weighted by Crippen LogP contribution is 2.25.